The minimum atomic E-state index is -1.92. The molecule has 1 unspecified atom stereocenters. The van der Waals surface area contributed by atoms with Crippen LogP contribution in [-0.2, 0) is 15.9 Å². The molecular formula is C3H5NO3S. The van der Waals surface area contributed by atoms with Crippen LogP contribution in [-0.4, -0.2) is 15.4 Å². The summed E-state index contributed by atoms with van der Waals surface area (Å²) in [6.07, 6.45) is 1.51. The Morgan fingerprint density at radius 1 is 2.00 bits per heavy atom. The minimum Gasteiger partial charge on any atom is -0.301 e. The molecule has 1 aliphatic heterocycles. The van der Waals surface area contributed by atoms with Gasteiger partial charge in [0.15, 0.2) is 5.03 Å². The van der Waals surface area contributed by atoms with E-state index in [0.717, 1.165) is 0 Å². The van der Waals surface area contributed by atoms with Crippen molar-refractivity contribution < 1.29 is 13.6 Å². The molecule has 1 atom stereocenters. The van der Waals surface area contributed by atoms with Crippen LogP contribution in [0.3, 0.4) is 0 Å². The Hall–Kier alpha value is -0.390. The molecule has 0 spiro atoms. The second-order valence-corrected chi connectivity index (χ2v) is 2.17. The SMILES string of the molecule is O=S(O)C1=CCON1. The summed E-state index contributed by atoms with van der Waals surface area (Å²) >= 11 is -1.92. The van der Waals surface area contributed by atoms with Gasteiger partial charge in [-0.15, -0.1) is 0 Å². The molecule has 8 heavy (non-hydrogen) atoms. The maximum absolute atomic E-state index is 10.1. The van der Waals surface area contributed by atoms with Crippen LogP contribution < -0.4 is 5.48 Å². The molecular weight excluding hydrogens is 130 g/mol. The number of hydrogen-bond acceptors (Lipinski definition) is 3. The van der Waals surface area contributed by atoms with E-state index in [1.54, 1.807) is 0 Å². The zero-order chi connectivity index (χ0) is 5.98. The first-order chi connectivity index (χ1) is 3.80. The third-order valence-corrected chi connectivity index (χ3v) is 1.34. The van der Waals surface area contributed by atoms with Crippen LogP contribution in [0.4, 0.5) is 0 Å². The van der Waals surface area contributed by atoms with Crippen LogP contribution in [0.1, 0.15) is 0 Å². The van der Waals surface area contributed by atoms with Gasteiger partial charge in [-0.2, -0.15) is 0 Å². The van der Waals surface area contributed by atoms with Gasteiger partial charge in [0.25, 0.3) is 0 Å². The van der Waals surface area contributed by atoms with Gasteiger partial charge in [0.05, 0.1) is 6.61 Å². The molecule has 0 aliphatic carbocycles. The molecule has 0 bridgehead atoms. The van der Waals surface area contributed by atoms with Crippen LogP contribution in [0.5, 0.6) is 0 Å². The van der Waals surface area contributed by atoms with Crippen molar-refractivity contribution in [1.29, 1.82) is 0 Å². The summed E-state index contributed by atoms with van der Waals surface area (Å²) in [6.45, 7) is 0.363. The lowest BCUT2D eigenvalue weighted by Crippen LogP contribution is -2.09. The first-order valence-corrected chi connectivity index (χ1v) is 3.10. The maximum atomic E-state index is 10.1. The normalized spacial score (nSPS) is 21.9. The van der Waals surface area contributed by atoms with E-state index in [1.165, 1.54) is 6.08 Å². The Morgan fingerprint density at radius 2 is 2.75 bits per heavy atom. The summed E-state index contributed by atoms with van der Waals surface area (Å²) in [6, 6.07) is 0. The fourth-order valence-corrected chi connectivity index (χ4v) is 0.720. The summed E-state index contributed by atoms with van der Waals surface area (Å²) in [4.78, 5) is 4.52. The number of hydrogen-bond donors (Lipinski definition) is 2. The maximum Gasteiger partial charge on any atom is 0.205 e. The number of nitrogens with one attached hydrogen (secondary N) is 1. The fraction of sp³-hybridized carbons (Fsp3) is 0.333. The Bertz CT molecular complexity index is 143. The van der Waals surface area contributed by atoms with E-state index >= 15 is 0 Å². The van der Waals surface area contributed by atoms with E-state index in [9.17, 15) is 4.21 Å². The van der Waals surface area contributed by atoms with E-state index < -0.39 is 11.1 Å². The van der Waals surface area contributed by atoms with Crippen LogP contribution >= 0.6 is 0 Å². The lowest BCUT2D eigenvalue weighted by atomic mass is 10.7. The molecule has 1 rings (SSSR count). The standard InChI is InChI=1S/C3H5NO3S/c5-8(6)3-1-2-7-4-3/h1,4H,2H2,(H,5,6). The summed E-state index contributed by atoms with van der Waals surface area (Å²) in [5, 5.41) is 0.227. The van der Waals surface area contributed by atoms with Crippen molar-refractivity contribution in [2.24, 2.45) is 0 Å². The summed E-state index contributed by atoms with van der Waals surface area (Å²) in [5.41, 5.74) is 2.27. The zero-order valence-corrected chi connectivity index (χ0v) is 4.77. The molecule has 4 nitrogen and oxygen atoms in total. The molecule has 0 aromatic rings. The van der Waals surface area contributed by atoms with Crippen molar-refractivity contribution >= 4 is 11.1 Å². The van der Waals surface area contributed by atoms with Gasteiger partial charge in [-0.05, 0) is 6.08 Å². The van der Waals surface area contributed by atoms with Crippen LogP contribution in [0, 0.1) is 0 Å². The highest BCUT2D eigenvalue weighted by atomic mass is 32.2. The molecule has 0 saturated heterocycles. The Balaban J connectivity index is 2.57. The molecule has 0 radical (unpaired) electrons. The average molecular weight is 135 g/mol. The topological polar surface area (TPSA) is 58.6 Å². The predicted octanol–water partition coefficient (Wildman–Crippen LogP) is -0.416. The van der Waals surface area contributed by atoms with Gasteiger partial charge in [-0.1, -0.05) is 0 Å². The molecule has 0 aromatic carbocycles. The quantitative estimate of drug-likeness (QED) is 0.479. The highest BCUT2D eigenvalue weighted by molar-refractivity contribution is 7.83. The molecule has 5 heteroatoms. The molecule has 0 saturated carbocycles. The Labute approximate surface area is 48.8 Å². The van der Waals surface area contributed by atoms with Gasteiger partial charge in [-0.25, -0.2) is 4.21 Å². The highest BCUT2D eigenvalue weighted by Gasteiger charge is 2.07. The van der Waals surface area contributed by atoms with Crippen LogP contribution in [0.15, 0.2) is 11.1 Å². The van der Waals surface area contributed by atoms with Crippen LogP contribution in [0.25, 0.3) is 0 Å². The first-order valence-electron chi connectivity index (χ1n) is 1.99. The number of hydroxylamine groups is 1. The van der Waals surface area contributed by atoms with Crippen molar-refractivity contribution in [2.75, 3.05) is 6.61 Å². The van der Waals surface area contributed by atoms with E-state index in [4.69, 9.17) is 4.55 Å². The van der Waals surface area contributed by atoms with E-state index in [1.807, 2.05) is 0 Å². The lowest BCUT2D eigenvalue weighted by molar-refractivity contribution is 0.113. The molecule has 0 amide bonds. The van der Waals surface area contributed by atoms with E-state index in [-0.39, 0.29) is 5.03 Å². The molecule has 46 valence electrons. The molecule has 1 heterocycles. The third kappa shape index (κ3) is 1.06. The van der Waals surface area contributed by atoms with Gasteiger partial charge < -0.3 is 4.55 Å². The average Bonchev–Trinajstić information content (AvgIpc) is 2.12. The largest absolute Gasteiger partial charge is 0.301 e. The Morgan fingerprint density at radius 3 is 3.00 bits per heavy atom. The molecule has 0 fully saturated rings. The van der Waals surface area contributed by atoms with E-state index in [0.29, 0.717) is 6.61 Å². The second kappa shape index (κ2) is 2.25. The molecule has 1 aliphatic rings. The molecule has 0 aromatic heterocycles. The molecule has 2 N–H and O–H groups in total. The monoisotopic (exact) mass is 135 g/mol. The highest BCUT2D eigenvalue weighted by Crippen LogP contribution is 1.99. The Kier molecular flexibility index (Phi) is 1.62. The first kappa shape index (κ1) is 5.74. The van der Waals surface area contributed by atoms with Crippen molar-refractivity contribution in [3.8, 4) is 0 Å². The number of rotatable bonds is 1. The van der Waals surface area contributed by atoms with Gasteiger partial charge in [0.1, 0.15) is 0 Å². The lowest BCUT2D eigenvalue weighted by Gasteiger charge is -1.93. The minimum absolute atomic E-state index is 0.227. The van der Waals surface area contributed by atoms with Crippen molar-refractivity contribution in [2.45, 2.75) is 0 Å². The van der Waals surface area contributed by atoms with Crippen LogP contribution in [0.2, 0.25) is 0 Å². The third-order valence-electron chi connectivity index (χ3n) is 0.713. The summed E-state index contributed by atoms with van der Waals surface area (Å²) in [5.74, 6) is 0. The van der Waals surface area contributed by atoms with Crippen molar-refractivity contribution in [3.63, 3.8) is 0 Å². The fourth-order valence-electron chi connectivity index (χ4n) is 0.379. The van der Waals surface area contributed by atoms with Gasteiger partial charge in [-0.3, -0.25) is 10.3 Å². The summed E-state index contributed by atoms with van der Waals surface area (Å²) in [7, 11) is 0. The summed E-state index contributed by atoms with van der Waals surface area (Å²) < 4.78 is 18.4. The smallest absolute Gasteiger partial charge is 0.205 e. The predicted molar refractivity (Wildman–Crippen MR) is 27.9 cm³/mol. The van der Waals surface area contributed by atoms with Gasteiger partial charge in [0.2, 0.25) is 11.1 Å². The van der Waals surface area contributed by atoms with Gasteiger partial charge in [0, 0.05) is 0 Å². The zero-order valence-electron chi connectivity index (χ0n) is 3.96. The van der Waals surface area contributed by atoms with E-state index in [2.05, 4.69) is 10.3 Å². The second-order valence-electron chi connectivity index (χ2n) is 1.23. The van der Waals surface area contributed by atoms with Crippen molar-refractivity contribution in [1.82, 2.24) is 5.48 Å². The van der Waals surface area contributed by atoms with Crippen molar-refractivity contribution in [3.05, 3.63) is 11.1 Å². The van der Waals surface area contributed by atoms with Gasteiger partial charge >= 0.3 is 0 Å².